The number of rotatable bonds is 5. The van der Waals surface area contributed by atoms with E-state index >= 15 is 0 Å². The molecular formula is C15H16N6S. The smallest absolute Gasteiger partial charge is 0.223 e. The highest BCUT2D eigenvalue weighted by molar-refractivity contribution is 7.98. The van der Waals surface area contributed by atoms with Crippen molar-refractivity contribution >= 4 is 17.7 Å². The van der Waals surface area contributed by atoms with Crippen molar-refractivity contribution in [2.24, 2.45) is 0 Å². The first-order chi connectivity index (χ1) is 10.8. The minimum absolute atomic E-state index is 0.632. The first-order valence-electron chi connectivity index (χ1n) is 6.83. The summed E-state index contributed by atoms with van der Waals surface area (Å²) >= 11 is 1.62. The Morgan fingerprint density at radius 1 is 1.27 bits per heavy atom. The van der Waals surface area contributed by atoms with E-state index in [-0.39, 0.29) is 0 Å². The first-order valence-corrected chi connectivity index (χ1v) is 8.05. The minimum atomic E-state index is 0.632. The van der Waals surface area contributed by atoms with Gasteiger partial charge in [0.15, 0.2) is 5.82 Å². The van der Waals surface area contributed by atoms with Crippen LogP contribution in [0.5, 0.6) is 0 Å². The fraction of sp³-hybridized carbons (Fsp3) is 0.200. The van der Waals surface area contributed by atoms with E-state index in [1.807, 2.05) is 43.8 Å². The molecule has 0 saturated carbocycles. The number of nitrogens with one attached hydrogen (secondary N) is 1. The maximum Gasteiger partial charge on any atom is 0.223 e. The zero-order valence-corrected chi connectivity index (χ0v) is 13.2. The van der Waals surface area contributed by atoms with Gasteiger partial charge in [-0.1, -0.05) is 0 Å². The quantitative estimate of drug-likeness (QED) is 0.577. The molecular weight excluding hydrogens is 296 g/mol. The van der Waals surface area contributed by atoms with Gasteiger partial charge in [-0.25, -0.2) is 19.6 Å². The van der Waals surface area contributed by atoms with E-state index in [0.717, 1.165) is 22.0 Å². The molecule has 0 aromatic carbocycles. The Hall–Kier alpha value is -2.41. The summed E-state index contributed by atoms with van der Waals surface area (Å²) in [6, 6.07) is 5.82. The van der Waals surface area contributed by atoms with Crippen LogP contribution in [0.1, 0.15) is 11.1 Å². The molecule has 3 heterocycles. The van der Waals surface area contributed by atoms with Gasteiger partial charge in [-0.05, 0) is 42.5 Å². The molecule has 0 bridgehead atoms. The molecule has 0 radical (unpaired) electrons. The van der Waals surface area contributed by atoms with Gasteiger partial charge in [-0.3, -0.25) is 0 Å². The van der Waals surface area contributed by atoms with E-state index < -0.39 is 0 Å². The van der Waals surface area contributed by atoms with Crippen LogP contribution in [0.25, 0.3) is 5.82 Å². The van der Waals surface area contributed by atoms with Crippen LogP contribution in [0.3, 0.4) is 0 Å². The number of aromatic nitrogens is 5. The zero-order chi connectivity index (χ0) is 15.4. The molecule has 0 aliphatic carbocycles. The van der Waals surface area contributed by atoms with Crippen molar-refractivity contribution in [1.82, 2.24) is 24.7 Å². The van der Waals surface area contributed by atoms with Gasteiger partial charge in [-0.15, -0.1) is 11.8 Å². The second-order valence-corrected chi connectivity index (χ2v) is 5.51. The fourth-order valence-corrected chi connectivity index (χ4v) is 2.55. The summed E-state index contributed by atoms with van der Waals surface area (Å²) in [6.07, 6.45) is 9.22. The van der Waals surface area contributed by atoms with E-state index in [9.17, 15) is 0 Å². The van der Waals surface area contributed by atoms with Crippen molar-refractivity contribution < 1.29 is 0 Å². The predicted molar refractivity (Wildman–Crippen MR) is 87.2 cm³/mol. The van der Waals surface area contributed by atoms with Crippen molar-refractivity contribution in [3.05, 3.63) is 54.1 Å². The maximum absolute atomic E-state index is 4.49. The van der Waals surface area contributed by atoms with Crippen molar-refractivity contribution in [3.63, 3.8) is 0 Å². The standard InChI is InChI=1S/C15H16N6S/c1-11-9-17-15(20-14(11)22-2)18-10-12-4-6-16-13(8-12)21-7-3-5-19-21/h3-9H,10H2,1-2H3,(H,17,18,20). The summed E-state index contributed by atoms with van der Waals surface area (Å²) < 4.78 is 1.73. The van der Waals surface area contributed by atoms with Gasteiger partial charge in [0, 0.05) is 31.3 Å². The monoisotopic (exact) mass is 312 g/mol. The molecule has 0 aliphatic heterocycles. The second-order valence-electron chi connectivity index (χ2n) is 4.71. The highest BCUT2D eigenvalue weighted by Crippen LogP contribution is 2.17. The zero-order valence-electron chi connectivity index (χ0n) is 12.4. The molecule has 0 aliphatic rings. The van der Waals surface area contributed by atoms with Gasteiger partial charge in [-0.2, -0.15) is 5.10 Å². The summed E-state index contributed by atoms with van der Waals surface area (Å²) in [5.74, 6) is 1.42. The average molecular weight is 312 g/mol. The van der Waals surface area contributed by atoms with Crippen LogP contribution in [0.4, 0.5) is 5.95 Å². The highest BCUT2D eigenvalue weighted by Gasteiger charge is 2.04. The summed E-state index contributed by atoms with van der Waals surface area (Å²) in [5.41, 5.74) is 2.18. The average Bonchev–Trinajstić information content (AvgIpc) is 3.09. The molecule has 7 heteroatoms. The highest BCUT2D eigenvalue weighted by atomic mass is 32.2. The van der Waals surface area contributed by atoms with E-state index in [2.05, 4.69) is 25.4 Å². The Morgan fingerprint density at radius 2 is 2.18 bits per heavy atom. The summed E-state index contributed by atoms with van der Waals surface area (Å²) in [6.45, 7) is 2.64. The third kappa shape index (κ3) is 3.25. The van der Waals surface area contributed by atoms with E-state index in [4.69, 9.17) is 0 Å². The molecule has 0 spiro atoms. The lowest BCUT2D eigenvalue weighted by atomic mass is 10.2. The Balaban J connectivity index is 1.73. The van der Waals surface area contributed by atoms with Crippen LogP contribution < -0.4 is 5.32 Å². The van der Waals surface area contributed by atoms with Gasteiger partial charge < -0.3 is 5.32 Å². The second kappa shape index (κ2) is 6.57. The number of hydrogen-bond donors (Lipinski definition) is 1. The van der Waals surface area contributed by atoms with Crippen LogP contribution >= 0.6 is 11.8 Å². The van der Waals surface area contributed by atoms with Crippen LogP contribution in [0.15, 0.2) is 48.0 Å². The van der Waals surface area contributed by atoms with Crippen LogP contribution in [0, 0.1) is 6.92 Å². The number of aryl methyl sites for hydroxylation is 1. The number of pyridine rings is 1. The van der Waals surface area contributed by atoms with Crippen LogP contribution in [-0.2, 0) is 6.54 Å². The third-order valence-corrected chi connectivity index (χ3v) is 3.92. The number of thioether (sulfide) groups is 1. The topological polar surface area (TPSA) is 68.5 Å². The molecule has 0 amide bonds. The summed E-state index contributed by atoms with van der Waals surface area (Å²) in [5, 5.41) is 8.42. The van der Waals surface area contributed by atoms with Crippen LogP contribution in [-0.4, -0.2) is 31.0 Å². The molecule has 0 atom stereocenters. The molecule has 3 aromatic rings. The molecule has 112 valence electrons. The lowest BCUT2D eigenvalue weighted by molar-refractivity contribution is 0.842. The van der Waals surface area contributed by atoms with Gasteiger partial charge in [0.1, 0.15) is 5.03 Å². The van der Waals surface area contributed by atoms with Gasteiger partial charge in [0.25, 0.3) is 0 Å². The number of hydrogen-bond acceptors (Lipinski definition) is 6. The Labute approximate surface area is 133 Å². The molecule has 0 fully saturated rings. The Morgan fingerprint density at radius 3 is 2.95 bits per heavy atom. The number of anilines is 1. The first kappa shape index (κ1) is 14.5. The maximum atomic E-state index is 4.49. The van der Waals surface area contributed by atoms with E-state index in [1.54, 1.807) is 28.8 Å². The Bertz CT molecular complexity index is 756. The molecule has 3 rings (SSSR count). The lowest BCUT2D eigenvalue weighted by Gasteiger charge is -2.08. The van der Waals surface area contributed by atoms with Crippen molar-refractivity contribution in [1.29, 1.82) is 0 Å². The lowest BCUT2D eigenvalue weighted by Crippen LogP contribution is -2.06. The summed E-state index contributed by atoms with van der Waals surface area (Å²) in [7, 11) is 0. The summed E-state index contributed by atoms with van der Waals surface area (Å²) in [4.78, 5) is 13.1. The van der Waals surface area contributed by atoms with E-state index in [1.165, 1.54) is 0 Å². The van der Waals surface area contributed by atoms with Crippen LogP contribution in [0.2, 0.25) is 0 Å². The molecule has 1 N–H and O–H groups in total. The minimum Gasteiger partial charge on any atom is -0.350 e. The normalized spacial score (nSPS) is 10.6. The third-order valence-electron chi connectivity index (χ3n) is 3.12. The van der Waals surface area contributed by atoms with E-state index in [0.29, 0.717) is 12.5 Å². The van der Waals surface area contributed by atoms with Gasteiger partial charge in [0.05, 0.1) is 0 Å². The molecule has 3 aromatic heterocycles. The van der Waals surface area contributed by atoms with Gasteiger partial charge in [0.2, 0.25) is 5.95 Å². The fourth-order valence-electron chi connectivity index (χ4n) is 2.00. The SMILES string of the molecule is CSc1nc(NCc2ccnc(-n3cccn3)c2)ncc1C. The van der Waals surface area contributed by atoms with Gasteiger partial charge >= 0.3 is 0 Å². The molecule has 22 heavy (non-hydrogen) atoms. The molecule has 0 saturated heterocycles. The largest absolute Gasteiger partial charge is 0.350 e. The number of nitrogens with zero attached hydrogens (tertiary/aromatic N) is 5. The van der Waals surface area contributed by atoms with Crippen molar-refractivity contribution in [2.45, 2.75) is 18.5 Å². The molecule has 6 nitrogen and oxygen atoms in total. The van der Waals surface area contributed by atoms with Crippen molar-refractivity contribution in [2.75, 3.05) is 11.6 Å². The predicted octanol–water partition coefficient (Wildman–Crippen LogP) is 2.70. The Kier molecular flexibility index (Phi) is 4.34. The van der Waals surface area contributed by atoms with Crippen molar-refractivity contribution in [3.8, 4) is 5.82 Å². The molecule has 0 unspecified atom stereocenters.